The van der Waals surface area contributed by atoms with Crippen LogP contribution in [0.5, 0.6) is 11.5 Å². The molecule has 1 aliphatic carbocycles. The van der Waals surface area contributed by atoms with Gasteiger partial charge in [-0.05, 0) is 61.4 Å². The lowest BCUT2D eigenvalue weighted by molar-refractivity contribution is -0.141. The standard InChI is InChI=1S/C19H21NO5S/c1-20(26(22,23)18-12-10-16(24-2)11-13-18)15-6-8-17(9-7-15)25-19(21)14-4-3-5-14/h6-14H,3-5H2,1-2H3. The zero-order valence-corrected chi connectivity index (χ0v) is 15.5. The molecule has 0 saturated heterocycles. The average molecular weight is 375 g/mol. The Morgan fingerprint density at radius 1 is 1.00 bits per heavy atom. The summed E-state index contributed by atoms with van der Waals surface area (Å²) in [7, 11) is -0.687. The largest absolute Gasteiger partial charge is 0.497 e. The Morgan fingerprint density at radius 3 is 2.08 bits per heavy atom. The minimum Gasteiger partial charge on any atom is -0.497 e. The van der Waals surface area contributed by atoms with Gasteiger partial charge in [-0.3, -0.25) is 9.10 Å². The molecule has 3 rings (SSSR count). The molecule has 1 fully saturated rings. The van der Waals surface area contributed by atoms with Crippen LogP contribution in [0.25, 0.3) is 0 Å². The van der Waals surface area contributed by atoms with Gasteiger partial charge in [-0.15, -0.1) is 0 Å². The molecule has 7 heteroatoms. The molecule has 26 heavy (non-hydrogen) atoms. The van der Waals surface area contributed by atoms with Crippen molar-refractivity contribution in [1.82, 2.24) is 0 Å². The second kappa shape index (κ2) is 7.37. The summed E-state index contributed by atoms with van der Waals surface area (Å²) in [6.07, 6.45) is 2.81. The van der Waals surface area contributed by atoms with E-state index in [0.717, 1.165) is 19.3 Å². The molecular formula is C19H21NO5S. The van der Waals surface area contributed by atoms with Crippen LogP contribution in [0, 0.1) is 5.92 Å². The summed E-state index contributed by atoms with van der Waals surface area (Å²) in [4.78, 5) is 12.0. The SMILES string of the molecule is COc1ccc(S(=O)(=O)N(C)c2ccc(OC(=O)C3CCC3)cc2)cc1. The Balaban J connectivity index is 1.73. The fraction of sp³-hybridized carbons (Fsp3) is 0.316. The average Bonchev–Trinajstić information content (AvgIpc) is 2.60. The first-order valence-corrected chi connectivity index (χ1v) is 9.80. The lowest BCUT2D eigenvalue weighted by Gasteiger charge is -2.23. The highest BCUT2D eigenvalue weighted by molar-refractivity contribution is 7.92. The summed E-state index contributed by atoms with van der Waals surface area (Å²) in [6.45, 7) is 0. The molecule has 0 amide bonds. The van der Waals surface area contributed by atoms with E-state index in [4.69, 9.17) is 9.47 Å². The highest BCUT2D eigenvalue weighted by atomic mass is 32.2. The molecule has 0 N–H and O–H groups in total. The number of benzene rings is 2. The molecule has 2 aromatic carbocycles. The molecule has 0 unspecified atom stereocenters. The van der Waals surface area contributed by atoms with Crippen molar-refractivity contribution in [3.05, 3.63) is 48.5 Å². The molecule has 138 valence electrons. The fourth-order valence-electron chi connectivity index (χ4n) is 2.61. The number of ether oxygens (including phenoxy) is 2. The predicted octanol–water partition coefficient (Wildman–Crippen LogP) is 3.23. The smallest absolute Gasteiger partial charge is 0.314 e. The van der Waals surface area contributed by atoms with E-state index in [1.165, 1.54) is 30.6 Å². The molecule has 2 aromatic rings. The number of hydrogen-bond donors (Lipinski definition) is 0. The number of anilines is 1. The third-order valence-corrected chi connectivity index (χ3v) is 6.37. The van der Waals surface area contributed by atoms with Gasteiger partial charge in [0.25, 0.3) is 10.0 Å². The van der Waals surface area contributed by atoms with Crippen LogP contribution in [-0.2, 0) is 14.8 Å². The first-order chi connectivity index (χ1) is 12.4. The Labute approximate surface area is 153 Å². The van der Waals surface area contributed by atoms with Crippen molar-refractivity contribution in [2.75, 3.05) is 18.5 Å². The van der Waals surface area contributed by atoms with Gasteiger partial charge in [-0.2, -0.15) is 0 Å². The fourth-order valence-corrected chi connectivity index (χ4v) is 3.81. The zero-order chi connectivity index (χ0) is 18.7. The maximum atomic E-state index is 12.7. The van der Waals surface area contributed by atoms with Gasteiger partial charge in [0.1, 0.15) is 11.5 Å². The lowest BCUT2D eigenvalue weighted by atomic mass is 9.86. The molecule has 0 radical (unpaired) electrons. The topological polar surface area (TPSA) is 72.9 Å². The van der Waals surface area contributed by atoms with Gasteiger partial charge in [0.2, 0.25) is 0 Å². The van der Waals surface area contributed by atoms with Crippen molar-refractivity contribution in [2.24, 2.45) is 5.92 Å². The van der Waals surface area contributed by atoms with Crippen LogP contribution in [0.2, 0.25) is 0 Å². The number of methoxy groups -OCH3 is 1. The second-order valence-electron chi connectivity index (χ2n) is 6.19. The van der Waals surface area contributed by atoms with E-state index in [9.17, 15) is 13.2 Å². The Bertz CT molecular complexity index is 871. The molecule has 6 nitrogen and oxygen atoms in total. The number of hydrogen-bond acceptors (Lipinski definition) is 5. The van der Waals surface area contributed by atoms with Crippen LogP contribution in [0.15, 0.2) is 53.4 Å². The number of rotatable bonds is 6. The molecule has 0 aromatic heterocycles. The number of nitrogens with zero attached hydrogens (tertiary/aromatic N) is 1. The Hall–Kier alpha value is -2.54. The summed E-state index contributed by atoms with van der Waals surface area (Å²) in [6, 6.07) is 12.6. The first-order valence-electron chi connectivity index (χ1n) is 8.36. The molecule has 0 aliphatic heterocycles. The van der Waals surface area contributed by atoms with Crippen molar-refractivity contribution in [1.29, 1.82) is 0 Å². The minimum atomic E-state index is -3.69. The summed E-state index contributed by atoms with van der Waals surface area (Å²) in [5.74, 6) is 0.779. The van der Waals surface area contributed by atoms with E-state index in [-0.39, 0.29) is 16.8 Å². The number of esters is 1. The quantitative estimate of drug-likeness (QED) is 0.572. The summed E-state index contributed by atoms with van der Waals surface area (Å²) >= 11 is 0. The van der Waals surface area contributed by atoms with Crippen LogP contribution in [0.3, 0.4) is 0 Å². The van der Waals surface area contributed by atoms with Gasteiger partial charge in [-0.25, -0.2) is 8.42 Å². The van der Waals surface area contributed by atoms with Gasteiger partial charge < -0.3 is 9.47 Å². The predicted molar refractivity (Wildman–Crippen MR) is 98.0 cm³/mol. The van der Waals surface area contributed by atoms with Crippen molar-refractivity contribution >= 4 is 21.7 Å². The van der Waals surface area contributed by atoms with Crippen molar-refractivity contribution in [2.45, 2.75) is 24.2 Å². The van der Waals surface area contributed by atoms with Gasteiger partial charge in [0.15, 0.2) is 0 Å². The molecular weight excluding hydrogens is 354 g/mol. The maximum absolute atomic E-state index is 12.7. The minimum absolute atomic E-state index is 0.00667. The molecule has 1 saturated carbocycles. The van der Waals surface area contributed by atoms with Gasteiger partial charge in [-0.1, -0.05) is 6.42 Å². The molecule has 0 spiro atoms. The number of carbonyl (C=O) groups is 1. The molecule has 0 atom stereocenters. The first kappa shape index (κ1) is 18.3. The van der Waals surface area contributed by atoms with Gasteiger partial charge in [0, 0.05) is 7.05 Å². The van der Waals surface area contributed by atoms with E-state index in [1.54, 1.807) is 36.4 Å². The normalized spacial score (nSPS) is 14.4. The summed E-state index contributed by atoms with van der Waals surface area (Å²) in [5, 5.41) is 0. The van der Waals surface area contributed by atoms with Crippen molar-refractivity contribution < 1.29 is 22.7 Å². The highest BCUT2D eigenvalue weighted by Gasteiger charge is 2.27. The molecule has 0 bridgehead atoms. The third kappa shape index (κ3) is 3.67. The zero-order valence-electron chi connectivity index (χ0n) is 14.7. The van der Waals surface area contributed by atoms with E-state index < -0.39 is 10.0 Å². The molecule has 1 aliphatic rings. The Kier molecular flexibility index (Phi) is 5.18. The number of sulfonamides is 1. The lowest BCUT2D eigenvalue weighted by Crippen LogP contribution is -2.27. The summed E-state index contributed by atoms with van der Waals surface area (Å²) in [5.41, 5.74) is 0.476. The van der Waals surface area contributed by atoms with Crippen LogP contribution < -0.4 is 13.8 Å². The van der Waals surface area contributed by atoms with Crippen LogP contribution >= 0.6 is 0 Å². The van der Waals surface area contributed by atoms with Crippen molar-refractivity contribution in [3.8, 4) is 11.5 Å². The van der Waals surface area contributed by atoms with E-state index in [2.05, 4.69) is 0 Å². The van der Waals surface area contributed by atoms with E-state index in [0.29, 0.717) is 17.2 Å². The third-order valence-electron chi connectivity index (χ3n) is 4.58. The molecule has 0 heterocycles. The monoisotopic (exact) mass is 375 g/mol. The number of carbonyl (C=O) groups excluding carboxylic acids is 1. The van der Waals surface area contributed by atoms with Gasteiger partial charge in [0.05, 0.1) is 23.6 Å². The van der Waals surface area contributed by atoms with Crippen LogP contribution in [0.1, 0.15) is 19.3 Å². The van der Waals surface area contributed by atoms with E-state index in [1.807, 2.05) is 0 Å². The van der Waals surface area contributed by atoms with Gasteiger partial charge >= 0.3 is 5.97 Å². The van der Waals surface area contributed by atoms with Crippen LogP contribution in [0.4, 0.5) is 5.69 Å². The highest BCUT2D eigenvalue weighted by Crippen LogP contribution is 2.29. The summed E-state index contributed by atoms with van der Waals surface area (Å²) < 4.78 is 37.0. The van der Waals surface area contributed by atoms with Crippen LogP contribution in [-0.4, -0.2) is 28.5 Å². The Morgan fingerprint density at radius 2 is 1.58 bits per heavy atom. The second-order valence-corrected chi connectivity index (χ2v) is 8.16. The maximum Gasteiger partial charge on any atom is 0.314 e. The van der Waals surface area contributed by atoms with E-state index >= 15 is 0 Å². The van der Waals surface area contributed by atoms with Crippen molar-refractivity contribution in [3.63, 3.8) is 0 Å².